The second-order valence-electron chi connectivity index (χ2n) is 32.2. The third-order valence-corrected chi connectivity index (χ3v) is 29.0. The summed E-state index contributed by atoms with van der Waals surface area (Å²) in [5.41, 5.74) is 17.5. The molecular formula is C72H96N4O2S3. The molecular weight excluding hydrogens is 1050 g/mol. The molecule has 22 aliphatic rings. The van der Waals surface area contributed by atoms with E-state index in [1.807, 2.05) is 17.6 Å². The maximum atomic E-state index is 11.6. The minimum atomic E-state index is -0.598. The fourth-order valence-electron chi connectivity index (χ4n) is 24.0. The number of allylic oxidation sites excluding steroid dienone is 2. The van der Waals surface area contributed by atoms with Gasteiger partial charge in [-0.15, -0.1) is 11.3 Å². The van der Waals surface area contributed by atoms with Gasteiger partial charge in [0, 0.05) is 99.0 Å². The van der Waals surface area contributed by atoms with Crippen molar-refractivity contribution in [3.63, 3.8) is 0 Å². The van der Waals surface area contributed by atoms with Gasteiger partial charge in [-0.2, -0.15) is 11.8 Å². The van der Waals surface area contributed by atoms with E-state index < -0.39 is 10.8 Å². The lowest BCUT2D eigenvalue weighted by atomic mass is 9.53. The van der Waals surface area contributed by atoms with Gasteiger partial charge in [0.2, 0.25) is 0 Å². The summed E-state index contributed by atoms with van der Waals surface area (Å²) in [6, 6.07) is 4.39. The summed E-state index contributed by atoms with van der Waals surface area (Å²) in [6.45, 7) is 4.44. The van der Waals surface area contributed by atoms with Crippen molar-refractivity contribution in [2.45, 2.75) is 202 Å². The molecule has 0 spiro atoms. The van der Waals surface area contributed by atoms with E-state index in [1.54, 1.807) is 72.0 Å². The number of rotatable bonds is 12. The molecule has 1 unspecified atom stereocenters. The van der Waals surface area contributed by atoms with Crippen LogP contribution in [0.2, 0.25) is 0 Å². The predicted molar refractivity (Wildman–Crippen MR) is 337 cm³/mol. The summed E-state index contributed by atoms with van der Waals surface area (Å²) in [5.74, 6) is 17.9. The second-order valence-corrected chi connectivity index (χ2v) is 35.6. The van der Waals surface area contributed by atoms with Crippen molar-refractivity contribution < 1.29 is 8.63 Å². The molecule has 24 rings (SSSR count). The lowest BCUT2D eigenvalue weighted by Gasteiger charge is -2.57. The Morgan fingerprint density at radius 3 is 1.26 bits per heavy atom. The Labute approximate surface area is 497 Å². The van der Waals surface area contributed by atoms with Gasteiger partial charge in [-0.25, -0.2) is 0 Å². The van der Waals surface area contributed by atoms with Gasteiger partial charge in [-0.1, -0.05) is 40.5 Å². The first kappa shape index (κ1) is 53.0. The number of fused-ring (bicyclic) bond motifs is 2. The van der Waals surface area contributed by atoms with Crippen LogP contribution < -0.4 is 21.3 Å². The van der Waals surface area contributed by atoms with E-state index >= 15 is 0 Å². The van der Waals surface area contributed by atoms with Gasteiger partial charge >= 0.3 is 0 Å². The quantitative estimate of drug-likeness (QED) is 0.169. The molecule has 9 heteroatoms. The SMILES string of the molecule is C1=C(CNC23CC4CC(CC(C4)C2)C3)CC2=C1CSC2.C1=C(CNC23CC4CC(CC(C4)C2)C3)Cc2ccsc21.C1=C(CNC23CC4CC(CC(C4)C2)C3)Cc2occc21.O=S1CC2=C(CC(CNC34CC5CC(CC(C5)C3)C4)=C2)C1. The molecule has 0 radical (unpaired) electrons. The van der Waals surface area contributed by atoms with E-state index in [0.717, 1.165) is 121 Å². The van der Waals surface area contributed by atoms with Crippen LogP contribution in [0.15, 0.2) is 84.9 Å². The van der Waals surface area contributed by atoms with Crippen LogP contribution in [0.1, 0.15) is 189 Å². The minimum Gasteiger partial charge on any atom is -0.468 e. The fourth-order valence-corrected chi connectivity index (χ4v) is 27.5. The van der Waals surface area contributed by atoms with Gasteiger partial charge in [-0.3, -0.25) is 4.21 Å². The molecule has 1 atom stereocenters. The molecule has 4 heterocycles. The average molecular weight is 1150 g/mol. The lowest BCUT2D eigenvalue weighted by Crippen LogP contribution is -2.58. The minimum absolute atomic E-state index is 0.478. The van der Waals surface area contributed by atoms with Crippen molar-refractivity contribution in [3.8, 4) is 0 Å². The molecule has 0 saturated heterocycles. The van der Waals surface area contributed by atoms with E-state index in [0.29, 0.717) is 22.2 Å². The summed E-state index contributed by atoms with van der Waals surface area (Å²) >= 11 is 3.99. The highest BCUT2D eigenvalue weighted by molar-refractivity contribution is 7.99. The van der Waals surface area contributed by atoms with E-state index in [-0.39, 0.29) is 0 Å². The van der Waals surface area contributed by atoms with Crippen LogP contribution in [0.25, 0.3) is 12.2 Å². The average Bonchev–Trinajstić information content (AvgIpc) is 4.41. The standard InChI is InChI=1S/C18H25NOS.C18H23NO.C18H25NS.C18H23NS/c20-21-10-16-4-15(5-17(16)11-21)9-19-18-6-12-1-13(7-18)3-14(2-12)8-18;1-2-20-17-7-15(6-16(1)17)11-19-18-8-12-3-13(9-18)5-14(4-12)10-18;1-12-2-14-3-13(1)7-18(6-12,8-14)19-9-15-4-16-10-20-11-17(16)5-15;1-2-20-17-7-15(6-16(1)17)11-19-18-8-12-3-13(9-18)5-14(4-12)10-18/h4,12-14,19H,1-3,5-11H2;1-2,6,12-14,19H,3-5,7-11H2;4,12-14,19H,1-3,5-11H2;1-2,7,12-14,19H,3-6,8-11H2. The normalized spacial score (nSPS) is 43.6. The van der Waals surface area contributed by atoms with Crippen LogP contribution in [-0.2, 0) is 23.6 Å². The molecule has 16 fully saturated rings. The molecule has 81 heavy (non-hydrogen) atoms. The Morgan fingerprint density at radius 1 is 0.444 bits per heavy atom. The first-order valence-corrected chi connectivity index (χ1v) is 37.3. The van der Waals surface area contributed by atoms with Crippen LogP contribution in [0.4, 0.5) is 0 Å². The zero-order valence-electron chi connectivity index (χ0n) is 49.0. The molecule has 16 bridgehead atoms. The number of thiophene rings is 1. The molecule has 0 amide bonds. The Morgan fingerprint density at radius 2 is 0.852 bits per heavy atom. The maximum absolute atomic E-state index is 11.6. The Hall–Kier alpha value is -2.24. The molecule has 20 aliphatic carbocycles. The van der Waals surface area contributed by atoms with E-state index in [1.165, 1.54) is 174 Å². The van der Waals surface area contributed by atoms with Crippen LogP contribution in [0.5, 0.6) is 0 Å². The predicted octanol–water partition coefficient (Wildman–Crippen LogP) is 14.9. The second kappa shape index (κ2) is 21.0. The van der Waals surface area contributed by atoms with E-state index in [4.69, 9.17) is 4.42 Å². The number of hydrogen-bond acceptors (Lipinski definition) is 8. The lowest BCUT2D eigenvalue weighted by molar-refractivity contribution is -0.0184. The molecule has 2 aliphatic heterocycles. The van der Waals surface area contributed by atoms with Gasteiger partial charge in [0.15, 0.2) is 0 Å². The third-order valence-electron chi connectivity index (χ3n) is 25.7. The maximum Gasteiger partial charge on any atom is 0.115 e. The topological polar surface area (TPSA) is 78.3 Å². The number of thioether (sulfide) groups is 1. The van der Waals surface area contributed by atoms with Gasteiger partial charge in [0.1, 0.15) is 5.76 Å². The summed E-state index contributed by atoms with van der Waals surface area (Å²) in [6.07, 6.45) is 51.9. The van der Waals surface area contributed by atoms with Crippen LogP contribution in [0, 0.1) is 71.0 Å². The fraction of sp³-hybridized carbons (Fsp3) is 0.722. The molecule has 2 aromatic heterocycles. The molecule has 434 valence electrons. The summed E-state index contributed by atoms with van der Waals surface area (Å²) in [5, 5.41) is 18.3. The number of nitrogens with one attached hydrogen (secondary N) is 4. The first-order valence-electron chi connectivity index (χ1n) is 33.8. The number of furan rings is 1. The monoisotopic (exact) mass is 1140 g/mol. The highest BCUT2D eigenvalue weighted by Gasteiger charge is 2.54. The van der Waals surface area contributed by atoms with Crippen molar-refractivity contribution in [2.24, 2.45) is 71.0 Å². The number of hydrogen-bond donors (Lipinski definition) is 4. The van der Waals surface area contributed by atoms with Gasteiger partial charge in [0.05, 0.1) is 6.26 Å². The third kappa shape index (κ3) is 10.7. The zero-order chi connectivity index (χ0) is 53.5. The Kier molecular flexibility index (Phi) is 13.7. The highest BCUT2D eigenvalue weighted by Crippen LogP contribution is 2.59. The van der Waals surface area contributed by atoms with Gasteiger partial charge in [-0.05, 0) is 296 Å². The van der Waals surface area contributed by atoms with Crippen molar-refractivity contribution in [3.05, 3.63) is 102 Å². The summed E-state index contributed by atoms with van der Waals surface area (Å²) in [4.78, 5) is 1.51. The Balaban J connectivity index is 0.0000000861. The van der Waals surface area contributed by atoms with Crippen molar-refractivity contribution in [2.75, 3.05) is 49.2 Å². The van der Waals surface area contributed by atoms with Crippen molar-refractivity contribution in [1.29, 1.82) is 0 Å². The van der Waals surface area contributed by atoms with Gasteiger partial charge in [0.25, 0.3) is 0 Å². The molecule has 16 saturated carbocycles. The largest absolute Gasteiger partial charge is 0.468 e. The first-order chi connectivity index (χ1) is 39.5. The molecule has 0 aromatic carbocycles. The summed E-state index contributed by atoms with van der Waals surface area (Å²) < 4.78 is 17.1. The van der Waals surface area contributed by atoms with Crippen molar-refractivity contribution >= 4 is 46.1 Å². The van der Waals surface area contributed by atoms with Gasteiger partial charge < -0.3 is 25.7 Å². The molecule has 2 aromatic rings. The molecule has 4 N–H and O–H groups in total. The van der Waals surface area contributed by atoms with Crippen LogP contribution >= 0.6 is 23.1 Å². The van der Waals surface area contributed by atoms with E-state index in [9.17, 15) is 4.21 Å². The van der Waals surface area contributed by atoms with Crippen molar-refractivity contribution in [1.82, 2.24) is 21.3 Å². The zero-order valence-corrected chi connectivity index (χ0v) is 51.5. The highest BCUT2D eigenvalue weighted by atomic mass is 32.2. The van der Waals surface area contributed by atoms with E-state index in [2.05, 4.69) is 74.8 Å². The Bertz CT molecular complexity index is 2770. The van der Waals surface area contributed by atoms with Crippen LogP contribution in [-0.4, -0.2) is 75.6 Å². The summed E-state index contributed by atoms with van der Waals surface area (Å²) in [7, 11) is -0.598. The smallest absolute Gasteiger partial charge is 0.115 e. The van der Waals surface area contributed by atoms with Crippen LogP contribution in [0.3, 0.4) is 0 Å². The molecule has 6 nitrogen and oxygen atoms in total.